The maximum atomic E-state index is 12.3. The molecule has 0 fully saturated rings. The number of sulfonamides is 1. The predicted octanol–water partition coefficient (Wildman–Crippen LogP) is 4.32. The van der Waals surface area contributed by atoms with E-state index in [4.69, 9.17) is 23.2 Å². The molecule has 0 saturated heterocycles. The highest BCUT2D eigenvalue weighted by molar-refractivity contribution is 7.92. The Morgan fingerprint density at radius 3 is 2.29 bits per heavy atom. The molecule has 0 heterocycles. The second-order valence-corrected chi connectivity index (χ2v) is 7.91. The zero-order valence-electron chi connectivity index (χ0n) is 13.1. The van der Waals surface area contributed by atoms with E-state index in [1.807, 2.05) is 0 Å². The van der Waals surface area contributed by atoms with Crippen LogP contribution in [0.15, 0.2) is 36.4 Å². The molecule has 128 valence electrons. The Kier molecular flexibility index (Phi) is 5.74. The summed E-state index contributed by atoms with van der Waals surface area (Å²) in [5.74, 6) is -0.456. The first-order valence-electron chi connectivity index (χ1n) is 7.10. The van der Waals surface area contributed by atoms with Crippen molar-refractivity contribution in [2.24, 2.45) is 0 Å². The Labute approximate surface area is 151 Å². The molecule has 0 aromatic heterocycles. The van der Waals surface area contributed by atoms with Crippen LogP contribution in [0.2, 0.25) is 10.0 Å². The summed E-state index contributed by atoms with van der Waals surface area (Å²) < 4.78 is 25.8. The molecule has 2 N–H and O–H groups in total. The van der Waals surface area contributed by atoms with Crippen LogP contribution >= 0.6 is 23.2 Å². The lowest BCUT2D eigenvalue weighted by molar-refractivity contribution is 0.102. The molecule has 2 aromatic rings. The van der Waals surface area contributed by atoms with E-state index in [-0.39, 0.29) is 21.4 Å². The van der Waals surface area contributed by atoms with Crippen molar-refractivity contribution in [3.8, 4) is 0 Å². The Hall–Kier alpha value is -1.76. The molecular weight excluding hydrogens is 371 g/mol. The lowest BCUT2D eigenvalue weighted by Crippen LogP contribution is -2.16. The van der Waals surface area contributed by atoms with Gasteiger partial charge < -0.3 is 5.32 Å². The van der Waals surface area contributed by atoms with Crippen LogP contribution in [-0.4, -0.2) is 20.1 Å². The summed E-state index contributed by atoms with van der Waals surface area (Å²) >= 11 is 12.0. The minimum Gasteiger partial charge on any atom is -0.322 e. The Bertz CT molecular complexity index is 863. The number of amides is 1. The molecule has 0 saturated carbocycles. The zero-order chi connectivity index (χ0) is 17.9. The van der Waals surface area contributed by atoms with Gasteiger partial charge in [0.25, 0.3) is 5.91 Å². The van der Waals surface area contributed by atoms with Crippen molar-refractivity contribution in [1.82, 2.24) is 0 Å². The van der Waals surface area contributed by atoms with Crippen molar-refractivity contribution >= 4 is 50.5 Å². The summed E-state index contributed by atoms with van der Waals surface area (Å²) in [6.45, 7) is 3.30. The van der Waals surface area contributed by atoms with Crippen molar-refractivity contribution in [1.29, 1.82) is 0 Å². The van der Waals surface area contributed by atoms with Crippen LogP contribution in [0.25, 0.3) is 0 Å². The fraction of sp³-hybridized carbons (Fsp3) is 0.188. The number of anilines is 2. The van der Waals surface area contributed by atoms with Crippen molar-refractivity contribution < 1.29 is 13.2 Å². The zero-order valence-corrected chi connectivity index (χ0v) is 15.4. The highest BCUT2D eigenvalue weighted by Gasteiger charge is 2.15. The van der Waals surface area contributed by atoms with E-state index in [9.17, 15) is 13.2 Å². The molecule has 0 bridgehead atoms. The lowest BCUT2D eigenvalue weighted by atomic mass is 10.1. The summed E-state index contributed by atoms with van der Waals surface area (Å²) in [4.78, 5) is 12.3. The Morgan fingerprint density at radius 1 is 1.12 bits per heavy atom. The standard InChI is InChI=1S/C16H16Cl2N2O3S/c1-3-24(22,23)20-14-8-7-11(9-10(14)2)19-16(21)15-12(17)5-4-6-13(15)18/h4-9,20H,3H2,1-2H3,(H,19,21). The quantitative estimate of drug-likeness (QED) is 0.803. The summed E-state index contributed by atoms with van der Waals surface area (Å²) in [5, 5.41) is 3.21. The van der Waals surface area contributed by atoms with Crippen molar-refractivity contribution in [2.75, 3.05) is 15.8 Å². The number of hydrogen-bond donors (Lipinski definition) is 2. The molecule has 5 nitrogen and oxygen atoms in total. The average Bonchev–Trinajstić information content (AvgIpc) is 2.50. The number of carbonyl (C=O) groups excluding carboxylic acids is 1. The summed E-state index contributed by atoms with van der Waals surface area (Å²) in [6, 6.07) is 9.67. The number of halogens is 2. The van der Waals surface area contributed by atoms with Crippen LogP contribution in [0, 0.1) is 6.92 Å². The Balaban J connectivity index is 2.23. The molecule has 2 aromatic carbocycles. The SMILES string of the molecule is CCS(=O)(=O)Nc1ccc(NC(=O)c2c(Cl)cccc2Cl)cc1C. The third kappa shape index (κ3) is 4.41. The second-order valence-electron chi connectivity index (χ2n) is 5.09. The van der Waals surface area contributed by atoms with E-state index < -0.39 is 15.9 Å². The maximum Gasteiger partial charge on any atom is 0.258 e. The molecule has 0 aliphatic carbocycles. The van der Waals surface area contributed by atoms with Crippen LogP contribution in [0.5, 0.6) is 0 Å². The van der Waals surface area contributed by atoms with Gasteiger partial charge in [-0.1, -0.05) is 29.3 Å². The van der Waals surface area contributed by atoms with Gasteiger partial charge in [-0.3, -0.25) is 9.52 Å². The highest BCUT2D eigenvalue weighted by Crippen LogP contribution is 2.26. The molecule has 0 aliphatic rings. The minimum atomic E-state index is -3.36. The molecule has 24 heavy (non-hydrogen) atoms. The van der Waals surface area contributed by atoms with Crippen LogP contribution in [0.3, 0.4) is 0 Å². The highest BCUT2D eigenvalue weighted by atomic mass is 35.5. The molecule has 0 unspecified atom stereocenters. The molecule has 0 atom stereocenters. The van der Waals surface area contributed by atoms with Gasteiger partial charge >= 0.3 is 0 Å². The van der Waals surface area contributed by atoms with Gasteiger partial charge in [-0.2, -0.15) is 0 Å². The first-order chi connectivity index (χ1) is 11.2. The molecular formula is C16H16Cl2N2O3S. The number of nitrogens with one attached hydrogen (secondary N) is 2. The fourth-order valence-corrected chi connectivity index (χ4v) is 3.28. The summed E-state index contributed by atoms with van der Waals surface area (Å²) in [6.07, 6.45) is 0. The molecule has 8 heteroatoms. The monoisotopic (exact) mass is 386 g/mol. The van der Waals surface area contributed by atoms with Gasteiger partial charge in [0.15, 0.2) is 0 Å². The smallest absolute Gasteiger partial charge is 0.258 e. The van der Waals surface area contributed by atoms with E-state index >= 15 is 0 Å². The van der Waals surface area contributed by atoms with E-state index in [0.29, 0.717) is 16.9 Å². The number of carbonyl (C=O) groups is 1. The average molecular weight is 387 g/mol. The number of rotatable bonds is 5. The molecule has 2 rings (SSSR count). The minimum absolute atomic E-state index is 0.0179. The van der Waals surface area contributed by atoms with Crippen LogP contribution < -0.4 is 10.0 Å². The number of aryl methyl sites for hydroxylation is 1. The third-order valence-electron chi connectivity index (χ3n) is 3.32. The van der Waals surface area contributed by atoms with Crippen LogP contribution in [-0.2, 0) is 10.0 Å². The van der Waals surface area contributed by atoms with Gasteiger partial charge in [-0.15, -0.1) is 0 Å². The summed E-state index contributed by atoms with van der Waals surface area (Å²) in [5.41, 5.74) is 1.84. The first kappa shape index (κ1) is 18.6. The van der Waals surface area contributed by atoms with Gasteiger partial charge in [0.2, 0.25) is 10.0 Å². The van der Waals surface area contributed by atoms with Crippen molar-refractivity contribution in [2.45, 2.75) is 13.8 Å². The first-order valence-corrected chi connectivity index (χ1v) is 9.51. The van der Waals surface area contributed by atoms with Gasteiger partial charge in [0.05, 0.1) is 27.0 Å². The molecule has 0 spiro atoms. The number of benzene rings is 2. The molecule has 1 amide bonds. The molecule has 0 aliphatic heterocycles. The Morgan fingerprint density at radius 2 is 1.75 bits per heavy atom. The van der Waals surface area contributed by atoms with Gasteiger partial charge in [-0.25, -0.2) is 8.42 Å². The van der Waals surface area contributed by atoms with E-state index in [1.165, 1.54) is 0 Å². The fourth-order valence-electron chi connectivity index (χ4n) is 2.00. The van der Waals surface area contributed by atoms with Gasteiger partial charge in [0.1, 0.15) is 0 Å². The van der Waals surface area contributed by atoms with E-state index in [1.54, 1.807) is 50.2 Å². The topological polar surface area (TPSA) is 75.3 Å². The van der Waals surface area contributed by atoms with Crippen LogP contribution in [0.1, 0.15) is 22.8 Å². The van der Waals surface area contributed by atoms with Crippen LogP contribution in [0.4, 0.5) is 11.4 Å². The largest absolute Gasteiger partial charge is 0.322 e. The maximum absolute atomic E-state index is 12.3. The van der Waals surface area contributed by atoms with Gasteiger partial charge in [-0.05, 0) is 49.7 Å². The van der Waals surface area contributed by atoms with Gasteiger partial charge in [0, 0.05) is 5.69 Å². The molecule has 0 radical (unpaired) electrons. The van der Waals surface area contributed by atoms with E-state index in [0.717, 1.165) is 0 Å². The lowest BCUT2D eigenvalue weighted by Gasteiger charge is -2.12. The second kappa shape index (κ2) is 7.42. The summed E-state index contributed by atoms with van der Waals surface area (Å²) in [7, 11) is -3.36. The number of hydrogen-bond acceptors (Lipinski definition) is 3. The normalized spacial score (nSPS) is 11.2. The predicted molar refractivity (Wildman–Crippen MR) is 98.7 cm³/mol. The van der Waals surface area contributed by atoms with Crippen molar-refractivity contribution in [3.05, 3.63) is 57.6 Å². The van der Waals surface area contributed by atoms with E-state index in [2.05, 4.69) is 10.0 Å². The van der Waals surface area contributed by atoms with Crippen molar-refractivity contribution in [3.63, 3.8) is 0 Å². The third-order valence-corrected chi connectivity index (χ3v) is 5.24.